The number of para-hydroxylation sites is 3. The van der Waals surface area contributed by atoms with Gasteiger partial charge in [-0.25, -0.2) is 0 Å². The monoisotopic (exact) mass is 590 g/mol. The summed E-state index contributed by atoms with van der Waals surface area (Å²) in [5, 5.41) is 8.28. The Morgan fingerprint density at radius 2 is 1.07 bits per heavy atom. The van der Waals surface area contributed by atoms with E-state index in [1.54, 1.807) is 0 Å². The second-order valence-corrected chi connectivity index (χ2v) is 12.4. The van der Waals surface area contributed by atoms with Gasteiger partial charge in [0, 0.05) is 54.6 Å². The number of aryl methyl sites for hydroxylation is 1. The maximum Gasteiger partial charge on any atom is 0.160 e. The molecule has 0 spiro atoms. The highest BCUT2D eigenvalue weighted by Gasteiger charge is 2.23. The molecule has 0 amide bonds. The summed E-state index contributed by atoms with van der Waals surface area (Å²) in [6.07, 6.45) is 6.40. The first-order valence-corrected chi connectivity index (χ1v) is 15.9. The number of allylic oxidation sites excluding steroid dienone is 1. The van der Waals surface area contributed by atoms with E-state index in [0.717, 1.165) is 79.6 Å². The average Bonchev–Trinajstić information content (AvgIpc) is 3.86. The van der Waals surface area contributed by atoms with E-state index in [0.29, 0.717) is 0 Å². The number of hydrogen-bond acceptors (Lipinski definition) is 2. The Balaban J connectivity index is 1.25. The third kappa shape index (κ3) is 3.08. The van der Waals surface area contributed by atoms with Crippen LogP contribution in [0.2, 0.25) is 0 Å². The van der Waals surface area contributed by atoms with Gasteiger partial charge < -0.3 is 18.0 Å². The van der Waals surface area contributed by atoms with E-state index in [1.165, 1.54) is 32.5 Å². The normalized spacial score (nSPS) is 13.4. The number of fused-ring (bicyclic) bond motifs is 14. The van der Waals surface area contributed by atoms with Gasteiger partial charge in [0.1, 0.15) is 11.3 Å². The van der Waals surface area contributed by atoms with Crippen LogP contribution in [0, 0.1) is 0 Å². The number of nitrogens with zero attached hydrogens (tertiary/aromatic N) is 2. The molecule has 4 heteroatoms. The number of benzene rings is 6. The van der Waals surface area contributed by atoms with Crippen LogP contribution < -0.4 is 0 Å². The van der Waals surface area contributed by atoms with Crippen molar-refractivity contribution in [1.29, 1.82) is 0 Å². The van der Waals surface area contributed by atoms with Crippen LogP contribution in [0.25, 0.3) is 94.0 Å². The molecule has 0 atom stereocenters. The quantitative estimate of drug-likeness (QED) is 0.201. The van der Waals surface area contributed by atoms with Crippen molar-refractivity contribution < 1.29 is 8.83 Å². The van der Waals surface area contributed by atoms with Gasteiger partial charge in [-0.3, -0.25) is 0 Å². The van der Waals surface area contributed by atoms with Crippen LogP contribution in [0.5, 0.6) is 0 Å². The summed E-state index contributed by atoms with van der Waals surface area (Å²) in [5.74, 6) is 0.986. The van der Waals surface area contributed by atoms with Crippen molar-refractivity contribution in [2.45, 2.75) is 12.8 Å². The molecule has 0 saturated heterocycles. The second-order valence-electron chi connectivity index (χ2n) is 12.4. The van der Waals surface area contributed by atoms with Crippen LogP contribution in [0.3, 0.4) is 0 Å². The van der Waals surface area contributed by atoms with Gasteiger partial charge in [0.15, 0.2) is 11.2 Å². The standard InChI is InChI=1S/C42H26N2O2/c1-5-16-35-27(12-1)31-20-22-33-29-14-3-7-18-37(29)45-41(33)39(31)43(35)25-10-9-11-26(24-25)44-36-17-6-2-13-28(36)32-21-23-34-30-15-4-8-19-38(30)46-42(34)40(32)44/h1-3,5-14,16-24H,4,15H2. The lowest BCUT2D eigenvalue weighted by atomic mass is 10.0. The van der Waals surface area contributed by atoms with E-state index in [-0.39, 0.29) is 0 Å². The SMILES string of the molecule is C1=Cc2oc3c(ccc4c5ccccc5n(-c5cccc(-n6c7ccccc7c7ccc8c9ccccc9oc8c76)c5)c43)c2CC1. The summed E-state index contributed by atoms with van der Waals surface area (Å²) < 4.78 is 18.0. The topological polar surface area (TPSA) is 36.1 Å². The fourth-order valence-corrected chi connectivity index (χ4v) is 8.02. The van der Waals surface area contributed by atoms with Crippen LogP contribution in [-0.2, 0) is 6.42 Å². The molecule has 4 nitrogen and oxygen atoms in total. The van der Waals surface area contributed by atoms with E-state index in [4.69, 9.17) is 8.83 Å². The summed E-state index contributed by atoms with van der Waals surface area (Å²) in [5.41, 5.74) is 10.8. The predicted octanol–water partition coefficient (Wildman–Crippen LogP) is 11.5. The summed E-state index contributed by atoms with van der Waals surface area (Å²) in [6, 6.07) is 43.5. The molecule has 0 bridgehead atoms. The lowest BCUT2D eigenvalue weighted by Crippen LogP contribution is -1.99. The van der Waals surface area contributed by atoms with Crippen molar-refractivity contribution in [3.63, 3.8) is 0 Å². The smallest absolute Gasteiger partial charge is 0.160 e. The zero-order valence-corrected chi connectivity index (χ0v) is 24.8. The Morgan fingerprint density at radius 3 is 1.78 bits per heavy atom. The molecule has 46 heavy (non-hydrogen) atoms. The molecule has 216 valence electrons. The van der Waals surface area contributed by atoms with Gasteiger partial charge in [0.2, 0.25) is 0 Å². The molecule has 4 aromatic heterocycles. The largest absolute Gasteiger partial charge is 0.454 e. The predicted molar refractivity (Wildman–Crippen MR) is 190 cm³/mol. The van der Waals surface area contributed by atoms with Gasteiger partial charge in [-0.2, -0.15) is 0 Å². The number of rotatable bonds is 2. The minimum Gasteiger partial charge on any atom is -0.454 e. The first kappa shape index (κ1) is 24.3. The highest BCUT2D eigenvalue weighted by Crippen LogP contribution is 2.43. The molecule has 0 radical (unpaired) electrons. The Bertz CT molecular complexity index is 2920. The van der Waals surface area contributed by atoms with E-state index in [2.05, 4.69) is 137 Å². The highest BCUT2D eigenvalue weighted by atomic mass is 16.3. The molecule has 0 saturated carbocycles. The third-order valence-electron chi connectivity index (χ3n) is 9.98. The van der Waals surface area contributed by atoms with Crippen molar-refractivity contribution in [2.75, 3.05) is 0 Å². The van der Waals surface area contributed by atoms with Gasteiger partial charge in [-0.1, -0.05) is 84.9 Å². The molecule has 1 aliphatic carbocycles. The van der Waals surface area contributed by atoms with E-state index < -0.39 is 0 Å². The van der Waals surface area contributed by atoms with Crippen molar-refractivity contribution in [1.82, 2.24) is 9.13 Å². The highest BCUT2D eigenvalue weighted by molar-refractivity contribution is 6.22. The fourth-order valence-electron chi connectivity index (χ4n) is 8.02. The lowest BCUT2D eigenvalue weighted by Gasteiger charge is -2.13. The molecule has 0 fully saturated rings. The summed E-state index contributed by atoms with van der Waals surface area (Å²) in [7, 11) is 0. The Labute approximate surface area is 263 Å². The van der Waals surface area contributed by atoms with Crippen LogP contribution in [-0.4, -0.2) is 9.13 Å². The first-order valence-electron chi connectivity index (χ1n) is 15.9. The Kier molecular flexibility index (Phi) is 4.66. The van der Waals surface area contributed by atoms with Gasteiger partial charge in [-0.05, 0) is 61.4 Å². The van der Waals surface area contributed by atoms with Crippen molar-refractivity contribution in [3.8, 4) is 11.4 Å². The molecule has 10 aromatic rings. The molecule has 0 N–H and O–H groups in total. The zero-order valence-electron chi connectivity index (χ0n) is 24.8. The average molecular weight is 591 g/mol. The molecule has 0 unspecified atom stereocenters. The molecule has 4 heterocycles. The lowest BCUT2D eigenvalue weighted by molar-refractivity contribution is 0.597. The summed E-state index contributed by atoms with van der Waals surface area (Å²) >= 11 is 0. The minimum absolute atomic E-state index is 0.904. The Hall–Kier alpha value is -6.00. The fraction of sp³-hybridized carbons (Fsp3) is 0.0476. The van der Waals surface area contributed by atoms with Gasteiger partial charge in [0.25, 0.3) is 0 Å². The first-order chi connectivity index (χ1) is 22.8. The number of hydrogen-bond donors (Lipinski definition) is 0. The van der Waals surface area contributed by atoms with Crippen LogP contribution >= 0.6 is 0 Å². The van der Waals surface area contributed by atoms with E-state index in [1.807, 2.05) is 6.07 Å². The van der Waals surface area contributed by atoms with Crippen molar-refractivity contribution >= 4 is 82.6 Å². The molecular formula is C42H26N2O2. The molecule has 0 aliphatic heterocycles. The summed E-state index contributed by atoms with van der Waals surface area (Å²) in [6.45, 7) is 0. The number of aromatic nitrogens is 2. The van der Waals surface area contributed by atoms with Crippen LogP contribution in [0.4, 0.5) is 0 Å². The minimum atomic E-state index is 0.904. The molecular weight excluding hydrogens is 564 g/mol. The summed E-state index contributed by atoms with van der Waals surface area (Å²) in [4.78, 5) is 0. The Morgan fingerprint density at radius 1 is 0.478 bits per heavy atom. The maximum absolute atomic E-state index is 6.67. The van der Waals surface area contributed by atoms with Crippen LogP contribution in [0.1, 0.15) is 17.7 Å². The molecule has 11 rings (SSSR count). The number of furan rings is 2. The second kappa shape index (κ2) is 8.80. The maximum atomic E-state index is 6.67. The van der Waals surface area contributed by atoms with Gasteiger partial charge in [0.05, 0.1) is 22.1 Å². The van der Waals surface area contributed by atoms with E-state index >= 15 is 0 Å². The van der Waals surface area contributed by atoms with Crippen LogP contribution in [0.15, 0.2) is 136 Å². The van der Waals surface area contributed by atoms with Crippen molar-refractivity contribution in [3.05, 3.63) is 139 Å². The molecule has 1 aliphatic rings. The van der Waals surface area contributed by atoms with E-state index in [9.17, 15) is 0 Å². The zero-order chi connectivity index (χ0) is 29.9. The third-order valence-corrected chi connectivity index (χ3v) is 9.98. The van der Waals surface area contributed by atoms with Gasteiger partial charge in [-0.15, -0.1) is 0 Å². The van der Waals surface area contributed by atoms with Gasteiger partial charge >= 0.3 is 0 Å². The van der Waals surface area contributed by atoms with Crippen molar-refractivity contribution in [2.24, 2.45) is 0 Å². The molecule has 6 aromatic carbocycles.